The molecule has 0 aliphatic heterocycles. The predicted molar refractivity (Wildman–Crippen MR) is 14.2 cm³/mol. The molecule has 0 aromatic heterocycles. The second kappa shape index (κ2) is 3.27. The Kier molecular flexibility index (Phi) is 5.59. The Bertz CT molecular complexity index is 57.8. The molecule has 0 rings (SSSR count). The monoisotopic (exact) mass is 166 g/mol. The van der Waals surface area contributed by atoms with Crippen molar-refractivity contribution < 1.29 is 47.0 Å². The van der Waals surface area contributed by atoms with Crippen LogP contribution in [0.15, 0.2) is 0 Å². The van der Waals surface area contributed by atoms with Crippen molar-refractivity contribution in [1.29, 1.82) is 0 Å². The maximum atomic E-state index is 8.94. The van der Waals surface area contributed by atoms with Gasteiger partial charge in [0.2, 0.25) is 0 Å². The van der Waals surface area contributed by atoms with Crippen LogP contribution < -0.4 is 29.6 Å². The van der Waals surface area contributed by atoms with Crippen LogP contribution >= 0.6 is 0 Å². The summed E-state index contributed by atoms with van der Waals surface area (Å²) in [7, 11) is 0. The third kappa shape index (κ3) is 61.4. The Morgan fingerprint density at radius 1 is 1.33 bits per heavy atom. The van der Waals surface area contributed by atoms with Crippen LogP contribution in [0.2, 0.25) is 0 Å². The molecule has 34 valence electrons. The molecule has 3 N–H and O–H groups in total. The van der Waals surface area contributed by atoms with Gasteiger partial charge in [-0.1, -0.05) is 0 Å². The summed E-state index contributed by atoms with van der Waals surface area (Å²) in [6.07, 6.45) is 0. The van der Waals surface area contributed by atoms with Crippen molar-refractivity contribution in [2.75, 3.05) is 0 Å². The van der Waals surface area contributed by atoms with Gasteiger partial charge in [0, 0.05) is 0 Å². The maximum Gasteiger partial charge on any atom is 1.00 e. The summed E-state index contributed by atoms with van der Waals surface area (Å²) >= 11 is -5.12. The fourth-order valence-electron chi connectivity index (χ4n) is 0. The van der Waals surface area contributed by atoms with E-state index in [0.29, 0.717) is 0 Å². The quantitative estimate of drug-likeness (QED) is 0.315. The molecule has 0 aromatic rings. The standard InChI is InChI=1S/AsH3O4.Na.H/c2-1(3,4)5;;/h(H3,2,3,4,5);;/q;+1;-1. The molecule has 0 unspecified atom stereocenters. The fraction of sp³-hybridized carbons (Fsp3) is 0. The molecule has 0 saturated heterocycles. The molecule has 0 radical (unpaired) electrons. The van der Waals surface area contributed by atoms with Crippen LogP contribution in [-0.4, -0.2) is 26.8 Å². The first kappa shape index (κ1) is 10.3. The molecule has 6 heavy (non-hydrogen) atoms. The van der Waals surface area contributed by atoms with Gasteiger partial charge >= 0.3 is 60.1 Å². The van der Waals surface area contributed by atoms with Gasteiger partial charge in [-0.2, -0.15) is 0 Å². The molecular formula is H4AsNaO4. The minimum Gasteiger partial charge on any atom is -1.00 e. The molecular weight excluding hydrogens is 162 g/mol. The Labute approximate surface area is 61.3 Å². The summed E-state index contributed by atoms with van der Waals surface area (Å²) in [6.45, 7) is 0. The molecule has 0 heterocycles. The molecule has 0 fully saturated rings. The minimum absolute atomic E-state index is 0. The van der Waals surface area contributed by atoms with E-state index in [4.69, 9.17) is 16.0 Å². The number of rotatable bonds is 0. The molecule has 0 atom stereocenters. The van der Waals surface area contributed by atoms with E-state index in [-0.39, 0.29) is 31.0 Å². The van der Waals surface area contributed by atoms with Crippen LogP contribution in [0.1, 0.15) is 1.43 Å². The summed E-state index contributed by atoms with van der Waals surface area (Å²) in [5.74, 6) is 0. The van der Waals surface area contributed by atoms with Gasteiger partial charge in [-0.05, 0) is 0 Å². The second-order valence-electron chi connectivity index (χ2n) is 0.513. The first-order valence-electron chi connectivity index (χ1n) is 0.783. The van der Waals surface area contributed by atoms with Crippen LogP contribution in [0.5, 0.6) is 0 Å². The molecule has 0 aromatic carbocycles. The van der Waals surface area contributed by atoms with Gasteiger partial charge in [-0.15, -0.1) is 0 Å². The number of hydrogen-bond donors (Lipinski definition) is 3. The zero-order valence-corrected chi connectivity index (χ0v) is 7.07. The summed E-state index contributed by atoms with van der Waals surface area (Å²) in [6, 6.07) is 0. The third-order valence-electron chi connectivity index (χ3n) is 0. The summed E-state index contributed by atoms with van der Waals surface area (Å²) in [4.78, 5) is 0. The van der Waals surface area contributed by atoms with E-state index in [1.807, 2.05) is 0 Å². The van der Waals surface area contributed by atoms with Crippen molar-refractivity contribution in [2.45, 2.75) is 0 Å². The molecule has 0 aliphatic rings. The summed E-state index contributed by atoms with van der Waals surface area (Å²) < 4.78 is 30.7. The van der Waals surface area contributed by atoms with E-state index in [0.717, 1.165) is 0 Å². The Morgan fingerprint density at radius 2 is 1.33 bits per heavy atom. The minimum atomic E-state index is -5.12. The molecule has 4 nitrogen and oxygen atoms in total. The van der Waals surface area contributed by atoms with Gasteiger partial charge in [0.15, 0.2) is 0 Å². The largest absolute Gasteiger partial charge is 1.00 e. The van der Waals surface area contributed by atoms with E-state index in [9.17, 15) is 0 Å². The first-order chi connectivity index (χ1) is 2.00. The van der Waals surface area contributed by atoms with E-state index in [2.05, 4.69) is 0 Å². The zero-order chi connectivity index (χ0) is 4.50. The van der Waals surface area contributed by atoms with Gasteiger partial charge < -0.3 is 1.43 Å². The van der Waals surface area contributed by atoms with Crippen LogP contribution in [0, 0.1) is 0 Å². The van der Waals surface area contributed by atoms with Crippen molar-refractivity contribution >= 4 is 14.5 Å². The van der Waals surface area contributed by atoms with Gasteiger partial charge in [0.1, 0.15) is 0 Å². The van der Waals surface area contributed by atoms with Crippen LogP contribution in [0.4, 0.5) is 0 Å². The smallest absolute Gasteiger partial charge is 1.00 e. The first-order valence-corrected chi connectivity index (χ1v) is 4.07. The Balaban J connectivity index is -0.0000000800. The van der Waals surface area contributed by atoms with E-state index < -0.39 is 14.5 Å². The summed E-state index contributed by atoms with van der Waals surface area (Å²) in [5, 5.41) is 0. The van der Waals surface area contributed by atoms with Gasteiger partial charge in [0.25, 0.3) is 0 Å². The fourth-order valence-corrected chi connectivity index (χ4v) is 0. The molecule has 0 spiro atoms. The van der Waals surface area contributed by atoms with Gasteiger partial charge in [-0.3, -0.25) is 0 Å². The third-order valence-corrected chi connectivity index (χ3v) is 0. The maximum absolute atomic E-state index is 8.94. The van der Waals surface area contributed by atoms with Crippen molar-refractivity contribution in [3.8, 4) is 0 Å². The topological polar surface area (TPSA) is 77.8 Å². The average molecular weight is 166 g/mol. The van der Waals surface area contributed by atoms with Crippen LogP contribution in [0.25, 0.3) is 0 Å². The van der Waals surface area contributed by atoms with E-state index in [1.165, 1.54) is 0 Å². The molecule has 0 aliphatic carbocycles. The Hall–Kier alpha value is 1.24. The summed E-state index contributed by atoms with van der Waals surface area (Å²) in [5.41, 5.74) is 0. The van der Waals surface area contributed by atoms with Gasteiger partial charge in [-0.25, -0.2) is 0 Å². The SMILES string of the molecule is O=[As](O)(O)O.[H-].[Na+]. The molecule has 0 amide bonds. The number of hydrogen-bond acceptors (Lipinski definition) is 1. The molecule has 6 heteroatoms. The van der Waals surface area contributed by atoms with Crippen molar-refractivity contribution in [3.05, 3.63) is 0 Å². The van der Waals surface area contributed by atoms with Gasteiger partial charge in [0.05, 0.1) is 0 Å². The predicted octanol–water partition coefficient (Wildman–Crippen LogP) is -5.05. The zero-order valence-electron chi connectivity index (χ0n) is 4.20. The van der Waals surface area contributed by atoms with Crippen molar-refractivity contribution in [3.63, 3.8) is 0 Å². The van der Waals surface area contributed by atoms with E-state index >= 15 is 0 Å². The van der Waals surface area contributed by atoms with E-state index in [1.54, 1.807) is 0 Å². The Morgan fingerprint density at radius 3 is 1.33 bits per heavy atom. The average Bonchev–Trinajstić information content (AvgIpc) is 0.722. The molecule has 0 saturated carbocycles. The second-order valence-corrected chi connectivity index (χ2v) is 2.67. The normalized spacial score (nSPS) is 9.83. The molecule has 0 bridgehead atoms. The van der Waals surface area contributed by atoms with Crippen molar-refractivity contribution in [2.24, 2.45) is 0 Å². The van der Waals surface area contributed by atoms with Crippen LogP contribution in [0.3, 0.4) is 0 Å². The van der Waals surface area contributed by atoms with Crippen molar-refractivity contribution in [1.82, 2.24) is 0 Å². The van der Waals surface area contributed by atoms with Crippen LogP contribution in [-0.2, 0) is 3.74 Å².